The van der Waals surface area contributed by atoms with Gasteiger partial charge in [0, 0.05) is 19.8 Å². The first-order valence-corrected chi connectivity index (χ1v) is 6.03. The number of nitriles is 1. The molecule has 0 aliphatic heterocycles. The molecule has 2 rings (SSSR count). The largest absolute Gasteiger partial charge is 0.396 e. The Bertz CT molecular complexity index is 628. The first kappa shape index (κ1) is 12.9. The van der Waals surface area contributed by atoms with Gasteiger partial charge in [-0.3, -0.25) is 0 Å². The van der Waals surface area contributed by atoms with Crippen molar-refractivity contribution in [3.8, 4) is 6.07 Å². The Morgan fingerprint density at radius 1 is 1.37 bits per heavy atom. The molecule has 0 bridgehead atoms. The maximum Gasteiger partial charge on any atom is 0.151 e. The predicted octanol–water partition coefficient (Wildman–Crippen LogP) is 2.48. The zero-order valence-corrected chi connectivity index (χ0v) is 11.1. The summed E-state index contributed by atoms with van der Waals surface area (Å²) >= 11 is 0. The van der Waals surface area contributed by atoms with Gasteiger partial charge in [0.25, 0.3) is 0 Å². The SMILES string of the molecule is Cc1ccccc1CN(C)c1ncc(C#N)cc1N. The number of nitrogens with two attached hydrogens (primary N) is 1. The molecule has 0 amide bonds. The molecule has 0 aliphatic carbocycles. The van der Waals surface area contributed by atoms with Crippen LogP contribution in [0.2, 0.25) is 0 Å². The van der Waals surface area contributed by atoms with Crippen molar-refractivity contribution in [2.45, 2.75) is 13.5 Å². The molecular weight excluding hydrogens is 236 g/mol. The minimum atomic E-state index is 0.477. The molecular formula is C15H16N4. The Kier molecular flexibility index (Phi) is 3.67. The van der Waals surface area contributed by atoms with Crippen LogP contribution in [0.15, 0.2) is 36.5 Å². The molecule has 0 saturated carbocycles. The molecule has 0 spiro atoms. The van der Waals surface area contributed by atoms with E-state index in [-0.39, 0.29) is 0 Å². The fourth-order valence-corrected chi connectivity index (χ4v) is 1.97. The van der Waals surface area contributed by atoms with Gasteiger partial charge < -0.3 is 10.6 Å². The minimum absolute atomic E-state index is 0.477. The van der Waals surface area contributed by atoms with E-state index in [0.29, 0.717) is 17.1 Å². The Morgan fingerprint density at radius 3 is 2.74 bits per heavy atom. The van der Waals surface area contributed by atoms with Gasteiger partial charge in [0.1, 0.15) is 6.07 Å². The van der Waals surface area contributed by atoms with Crippen LogP contribution >= 0.6 is 0 Å². The number of aryl methyl sites for hydroxylation is 1. The van der Waals surface area contributed by atoms with Gasteiger partial charge in [0.2, 0.25) is 0 Å². The highest BCUT2D eigenvalue weighted by Gasteiger charge is 2.09. The lowest BCUT2D eigenvalue weighted by Crippen LogP contribution is -2.19. The molecule has 1 heterocycles. The number of rotatable bonds is 3. The number of nitrogen functional groups attached to an aromatic ring is 1. The molecule has 96 valence electrons. The fraction of sp³-hybridized carbons (Fsp3) is 0.200. The van der Waals surface area contributed by atoms with Crippen molar-refractivity contribution in [3.63, 3.8) is 0 Å². The van der Waals surface area contributed by atoms with Crippen LogP contribution in [0.5, 0.6) is 0 Å². The van der Waals surface area contributed by atoms with Crippen molar-refractivity contribution in [2.24, 2.45) is 0 Å². The van der Waals surface area contributed by atoms with Gasteiger partial charge in [-0.1, -0.05) is 24.3 Å². The van der Waals surface area contributed by atoms with E-state index in [2.05, 4.69) is 24.0 Å². The van der Waals surface area contributed by atoms with E-state index in [0.717, 1.165) is 6.54 Å². The number of hydrogen-bond acceptors (Lipinski definition) is 4. The van der Waals surface area contributed by atoms with Crippen LogP contribution in [0.1, 0.15) is 16.7 Å². The van der Waals surface area contributed by atoms with Crippen LogP contribution in [0.25, 0.3) is 0 Å². The number of hydrogen-bond donors (Lipinski definition) is 1. The maximum atomic E-state index is 8.80. The van der Waals surface area contributed by atoms with E-state index >= 15 is 0 Å². The second-order valence-corrected chi connectivity index (χ2v) is 4.53. The van der Waals surface area contributed by atoms with Gasteiger partial charge in [-0.25, -0.2) is 4.98 Å². The number of benzene rings is 1. The van der Waals surface area contributed by atoms with Crippen molar-refractivity contribution in [3.05, 3.63) is 53.2 Å². The molecule has 0 unspecified atom stereocenters. The monoisotopic (exact) mass is 252 g/mol. The standard InChI is InChI=1S/C15H16N4/c1-11-5-3-4-6-13(11)10-19(2)15-14(17)7-12(8-16)9-18-15/h3-7,9H,10,17H2,1-2H3. The Morgan fingerprint density at radius 2 is 2.11 bits per heavy atom. The highest BCUT2D eigenvalue weighted by Crippen LogP contribution is 2.22. The van der Waals surface area contributed by atoms with Crippen LogP contribution < -0.4 is 10.6 Å². The Labute approximate surface area is 113 Å². The first-order valence-electron chi connectivity index (χ1n) is 6.03. The third kappa shape index (κ3) is 2.83. The zero-order chi connectivity index (χ0) is 13.8. The molecule has 4 nitrogen and oxygen atoms in total. The summed E-state index contributed by atoms with van der Waals surface area (Å²) in [6, 6.07) is 11.9. The van der Waals surface area contributed by atoms with Gasteiger partial charge in [-0.15, -0.1) is 0 Å². The Balaban J connectivity index is 2.24. The summed E-state index contributed by atoms with van der Waals surface area (Å²) < 4.78 is 0. The molecule has 0 saturated heterocycles. The summed E-state index contributed by atoms with van der Waals surface area (Å²) in [6.45, 7) is 2.81. The van der Waals surface area contributed by atoms with Gasteiger partial charge in [0.15, 0.2) is 5.82 Å². The Hall–Kier alpha value is -2.54. The number of anilines is 2. The molecule has 0 aliphatic rings. The van der Waals surface area contributed by atoms with Crippen LogP contribution in [0, 0.1) is 18.3 Å². The summed E-state index contributed by atoms with van der Waals surface area (Å²) in [6.07, 6.45) is 1.54. The van der Waals surface area contributed by atoms with E-state index in [1.165, 1.54) is 11.1 Å². The van der Waals surface area contributed by atoms with E-state index in [1.807, 2.05) is 30.1 Å². The normalized spacial score (nSPS) is 9.95. The molecule has 1 aromatic carbocycles. The minimum Gasteiger partial charge on any atom is -0.396 e. The number of pyridine rings is 1. The van der Waals surface area contributed by atoms with E-state index in [9.17, 15) is 0 Å². The highest BCUT2D eigenvalue weighted by atomic mass is 15.2. The van der Waals surface area contributed by atoms with Gasteiger partial charge in [-0.2, -0.15) is 5.26 Å². The molecule has 0 fully saturated rings. The third-order valence-corrected chi connectivity index (χ3v) is 3.05. The van der Waals surface area contributed by atoms with E-state index in [1.54, 1.807) is 12.3 Å². The quantitative estimate of drug-likeness (QED) is 0.911. The van der Waals surface area contributed by atoms with Gasteiger partial charge in [-0.05, 0) is 24.1 Å². The molecule has 0 radical (unpaired) electrons. The van der Waals surface area contributed by atoms with Gasteiger partial charge >= 0.3 is 0 Å². The van der Waals surface area contributed by atoms with Crippen molar-refractivity contribution >= 4 is 11.5 Å². The van der Waals surface area contributed by atoms with Crippen LogP contribution in [0.4, 0.5) is 11.5 Å². The third-order valence-electron chi connectivity index (χ3n) is 3.05. The molecule has 1 aromatic heterocycles. The summed E-state index contributed by atoms with van der Waals surface area (Å²) in [4.78, 5) is 6.24. The fourth-order valence-electron chi connectivity index (χ4n) is 1.97. The summed E-state index contributed by atoms with van der Waals surface area (Å²) in [7, 11) is 1.94. The smallest absolute Gasteiger partial charge is 0.151 e. The summed E-state index contributed by atoms with van der Waals surface area (Å²) in [5.41, 5.74) is 9.40. The second kappa shape index (κ2) is 5.40. The molecule has 2 aromatic rings. The van der Waals surface area contributed by atoms with Crippen molar-refractivity contribution in [1.29, 1.82) is 5.26 Å². The zero-order valence-electron chi connectivity index (χ0n) is 11.1. The molecule has 2 N–H and O–H groups in total. The van der Waals surface area contributed by atoms with Crippen LogP contribution in [-0.4, -0.2) is 12.0 Å². The van der Waals surface area contributed by atoms with Crippen LogP contribution in [-0.2, 0) is 6.54 Å². The molecule has 19 heavy (non-hydrogen) atoms. The first-order chi connectivity index (χ1) is 9.11. The second-order valence-electron chi connectivity index (χ2n) is 4.53. The topological polar surface area (TPSA) is 65.9 Å². The highest BCUT2D eigenvalue weighted by molar-refractivity contribution is 5.64. The summed E-state index contributed by atoms with van der Waals surface area (Å²) in [5.74, 6) is 0.697. The van der Waals surface area contributed by atoms with E-state index in [4.69, 9.17) is 11.0 Å². The lowest BCUT2D eigenvalue weighted by atomic mass is 10.1. The number of aromatic nitrogens is 1. The van der Waals surface area contributed by atoms with Gasteiger partial charge in [0.05, 0.1) is 11.3 Å². The molecule has 4 heteroatoms. The average Bonchev–Trinajstić information content (AvgIpc) is 2.41. The lowest BCUT2D eigenvalue weighted by Gasteiger charge is -2.20. The van der Waals surface area contributed by atoms with E-state index < -0.39 is 0 Å². The number of nitrogens with zero attached hydrogens (tertiary/aromatic N) is 3. The van der Waals surface area contributed by atoms with Crippen molar-refractivity contribution in [2.75, 3.05) is 17.7 Å². The molecule has 0 atom stereocenters. The average molecular weight is 252 g/mol. The van der Waals surface area contributed by atoms with Crippen LogP contribution in [0.3, 0.4) is 0 Å². The maximum absolute atomic E-state index is 8.80. The van der Waals surface area contributed by atoms with Crippen molar-refractivity contribution in [1.82, 2.24) is 4.98 Å². The predicted molar refractivity (Wildman–Crippen MR) is 76.7 cm³/mol. The summed E-state index contributed by atoms with van der Waals surface area (Å²) in [5, 5.41) is 8.80. The van der Waals surface area contributed by atoms with Crippen molar-refractivity contribution < 1.29 is 0 Å². The lowest BCUT2D eigenvalue weighted by molar-refractivity contribution is 0.892.